The first kappa shape index (κ1) is 16.2. The lowest BCUT2D eigenvalue weighted by Crippen LogP contribution is -2.31. The molecule has 0 unspecified atom stereocenters. The van der Waals surface area contributed by atoms with Crippen molar-refractivity contribution in [1.29, 1.82) is 0 Å². The van der Waals surface area contributed by atoms with Gasteiger partial charge in [0.1, 0.15) is 11.4 Å². The predicted molar refractivity (Wildman–Crippen MR) is 94.4 cm³/mol. The molecule has 0 spiro atoms. The number of anilines is 3. The fraction of sp³-hybridized carbons (Fsp3) is 0.353. The van der Waals surface area contributed by atoms with Crippen molar-refractivity contribution >= 4 is 23.4 Å². The molecule has 7 nitrogen and oxygen atoms in total. The highest BCUT2D eigenvalue weighted by molar-refractivity contribution is 5.98. The minimum absolute atomic E-state index is 0.160. The summed E-state index contributed by atoms with van der Waals surface area (Å²) in [5.41, 5.74) is 14.7. The Morgan fingerprint density at radius 2 is 1.92 bits per heavy atom. The normalized spacial score (nSPS) is 15.0. The smallest absolute Gasteiger partial charge is 0.254 e. The highest BCUT2D eigenvalue weighted by Gasteiger charge is 2.38. The summed E-state index contributed by atoms with van der Waals surface area (Å²) in [7, 11) is 0. The van der Waals surface area contributed by atoms with E-state index in [2.05, 4.69) is 26.7 Å². The zero-order valence-corrected chi connectivity index (χ0v) is 13.9. The number of aromatic nitrogens is 2. The number of primary amides is 1. The quantitative estimate of drug-likeness (QED) is 0.643. The zero-order chi connectivity index (χ0) is 17.3. The molecular weight excluding hydrogens is 304 g/mol. The van der Waals surface area contributed by atoms with Gasteiger partial charge in [-0.2, -0.15) is 4.98 Å². The first-order valence-corrected chi connectivity index (χ1v) is 7.90. The number of nitrogens with two attached hydrogens (primary N) is 2. The average molecular weight is 326 g/mol. The molecule has 1 aliphatic rings. The predicted octanol–water partition coefficient (Wildman–Crippen LogP) is 1.84. The summed E-state index contributed by atoms with van der Waals surface area (Å²) < 4.78 is 0. The molecule has 1 aromatic carbocycles. The van der Waals surface area contributed by atoms with Gasteiger partial charge in [-0.25, -0.2) is 4.98 Å². The molecule has 1 amide bonds. The Kier molecular flexibility index (Phi) is 4.11. The molecule has 1 aliphatic carbocycles. The van der Waals surface area contributed by atoms with Crippen molar-refractivity contribution in [2.75, 3.05) is 17.2 Å². The van der Waals surface area contributed by atoms with Crippen LogP contribution in [0.5, 0.6) is 0 Å². The van der Waals surface area contributed by atoms with Gasteiger partial charge in [0.25, 0.3) is 5.91 Å². The third-order valence-corrected chi connectivity index (χ3v) is 4.03. The molecule has 0 atom stereocenters. The van der Waals surface area contributed by atoms with E-state index in [1.165, 1.54) is 6.20 Å². The number of hydrogen-bond donors (Lipinski definition) is 4. The third kappa shape index (κ3) is 3.80. The summed E-state index contributed by atoms with van der Waals surface area (Å²) in [6, 6.07) is 6.03. The van der Waals surface area contributed by atoms with Crippen LogP contribution in [0.4, 0.5) is 17.5 Å². The molecule has 0 radical (unpaired) electrons. The fourth-order valence-electron chi connectivity index (χ4n) is 2.52. The van der Waals surface area contributed by atoms with Gasteiger partial charge in [0, 0.05) is 24.0 Å². The number of carbonyl (C=O) groups is 1. The van der Waals surface area contributed by atoms with Crippen molar-refractivity contribution in [2.45, 2.75) is 32.2 Å². The maximum atomic E-state index is 11.6. The molecule has 1 fully saturated rings. The zero-order valence-electron chi connectivity index (χ0n) is 13.9. The molecule has 0 saturated heterocycles. The van der Waals surface area contributed by atoms with E-state index in [0.717, 1.165) is 29.7 Å². The molecule has 1 saturated carbocycles. The Bertz CT molecular complexity index is 764. The Balaban J connectivity index is 1.86. The molecule has 6 N–H and O–H groups in total. The molecule has 0 bridgehead atoms. The summed E-state index contributed by atoms with van der Waals surface area (Å²) in [6.07, 6.45) is 3.42. The number of nitrogens with one attached hydrogen (secondary N) is 2. The number of benzene rings is 1. The van der Waals surface area contributed by atoms with E-state index in [9.17, 15) is 4.79 Å². The number of amides is 1. The monoisotopic (exact) mass is 326 g/mol. The lowest BCUT2D eigenvalue weighted by Gasteiger charge is -2.14. The van der Waals surface area contributed by atoms with Crippen LogP contribution in [-0.4, -0.2) is 28.0 Å². The molecule has 24 heavy (non-hydrogen) atoms. The van der Waals surface area contributed by atoms with Crippen molar-refractivity contribution in [2.24, 2.45) is 11.5 Å². The maximum Gasteiger partial charge on any atom is 0.254 e. The summed E-state index contributed by atoms with van der Waals surface area (Å²) in [6.45, 7) is 4.62. The second-order valence-electron chi connectivity index (χ2n) is 6.54. The molecule has 126 valence electrons. The van der Waals surface area contributed by atoms with Crippen LogP contribution < -0.4 is 22.1 Å². The van der Waals surface area contributed by atoms with E-state index >= 15 is 0 Å². The van der Waals surface area contributed by atoms with E-state index < -0.39 is 5.91 Å². The Morgan fingerprint density at radius 1 is 1.25 bits per heavy atom. The van der Waals surface area contributed by atoms with Crippen molar-refractivity contribution in [3.8, 4) is 0 Å². The second kappa shape index (κ2) is 6.09. The number of hydrogen-bond acceptors (Lipinski definition) is 6. The summed E-state index contributed by atoms with van der Waals surface area (Å²) >= 11 is 0. The molecule has 3 rings (SSSR count). The van der Waals surface area contributed by atoms with Crippen LogP contribution in [0.15, 0.2) is 24.4 Å². The van der Waals surface area contributed by atoms with Crippen molar-refractivity contribution in [3.63, 3.8) is 0 Å². The van der Waals surface area contributed by atoms with Gasteiger partial charge < -0.3 is 22.1 Å². The molecular formula is C17H22N6O. The summed E-state index contributed by atoms with van der Waals surface area (Å²) in [5, 5.41) is 6.29. The first-order chi connectivity index (χ1) is 11.3. The molecule has 2 aromatic rings. The SMILES string of the molecule is Cc1cc(C)cc(Nc2nc(NCC3(N)CC3)ncc2C(N)=O)c1. The highest BCUT2D eigenvalue weighted by Crippen LogP contribution is 2.32. The first-order valence-electron chi connectivity index (χ1n) is 7.90. The molecule has 0 aliphatic heterocycles. The van der Waals surface area contributed by atoms with Crippen LogP contribution in [0.3, 0.4) is 0 Å². The summed E-state index contributed by atoms with van der Waals surface area (Å²) in [4.78, 5) is 20.2. The van der Waals surface area contributed by atoms with Gasteiger partial charge in [0.2, 0.25) is 5.95 Å². The van der Waals surface area contributed by atoms with Crippen molar-refractivity contribution in [3.05, 3.63) is 41.1 Å². The van der Waals surface area contributed by atoms with Crippen LogP contribution >= 0.6 is 0 Å². The topological polar surface area (TPSA) is 119 Å². The number of nitrogens with zero attached hydrogens (tertiary/aromatic N) is 2. The van der Waals surface area contributed by atoms with Gasteiger partial charge in [-0.3, -0.25) is 4.79 Å². The minimum Gasteiger partial charge on any atom is -0.365 e. The van der Waals surface area contributed by atoms with Gasteiger partial charge in [-0.05, 0) is 49.9 Å². The van der Waals surface area contributed by atoms with Crippen LogP contribution in [-0.2, 0) is 0 Å². The van der Waals surface area contributed by atoms with Gasteiger partial charge >= 0.3 is 0 Å². The van der Waals surface area contributed by atoms with Crippen molar-refractivity contribution in [1.82, 2.24) is 9.97 Å². The minimum atomic E-state index is -0.578. The molecule has 1 heterocycles. The average Bonchev–Trinajstić information content (AvgIpc) is 3.22. The Labute approximate surface area is 140 Å². The van der Waals surface area contributed by atoms with Crippen LogP contribution in [0.2, 0.25) is 0 Å². The van der Waals surface area contributed by atoms with Gasteiger partial charge in [0.15, 0.2) is 0 Å². The lowest BCUT2D eigenvalue weighted by atomic mass is 10.1. The van der Waals surface area contributed by atoms with Crippen LogP contribution in [0.1, 0.15) is 34.3 Å². The van der Waals surface area contributed by atoms with E-state index in [4.69, 9.17) is 11.5 Å². The molecule has 1 aromatic heterocycles. The standard InChI is InChI=1S/C17H22N6O/c1-10-5-11(2)7-12(6-10)22-15-13(14(18)24)8-20-16(23-15)21-9-17(19)3-4-17/h5-8H,3-4,9,19H2,1-2H3,(H2,18,24)(H2,20,21,22,23). The van der Waals surface area contributed by atoms with E-state index in [-0.39, 0.29) is 11.1 Å². The van der Waals surface area contributed by atoms with Gasteiger partial charge in [0.05, 0.1) is 0 Å². The van der Waals surface area contributed by atoms with E-state index in [1.54, 1.807) is 0 Å². The van der Waals surface area contributed by atoms with Gasteiger partial charge in [-0.1, -0.05) is 6.07 Å². The summed E-state index contributed by atoms with van der Waals surface area (Å²) in [5.74, 6) is 0.224. The Morgan fingerprint density at radius 3 is 2.50 bits per heavy atom. The number of aryl methyl sites for hydroxylation is 2. The van der Waals surface area contributed by atoms with Crippen molar-refractivity contribution < 1.29 is 4.79 Å². The molecule has 7 heteroatoms. The Hall–Kier alpha value is -2.67. The second-order valence-corrected chi connectivity index (χ2v) is 6.54. The fourth-order valence-corrected chi connectivity index (χ4v) is 2.52. The van der Waals surface area contributed by atoms with Crippen LogP contribution in [0.25, 0.3) is 0 Å². The third-order valence-electron chi connectivity index (χ3n) is 4.03. The number of carbonyl (C=O) groups excluding carboxylic acids is 1. The van der Waals surface area contributed by atoms with Gasteiger partial charge in [-0.15, -0.1) is 0 Å². The maximum absolute atomic E-state index is 11.6. The van der Waals surface area contributed by atoms with Crippen LogP contribution in [0, 0.1) is 13.8 Å². The lowest BCUT2D eigenvalue weighted by molar-refractivity contribution is 0.100. The largest absolute Gasteiger partial charge is 0.365 e. The number of rotatable bonds is 6. The van der Waals surface area contributed by atoms with E-state index in [1.807, 2.05) is 26.0 Å². The van der Waals surface area contributed by atoms with E-state index in [0.29, 0.717) is 18.3 Å². The highest BCUT2D eigenvalue weighted by atomic mass is 16.1.